The SMILES string of the molecule is CCCc1nc(-c2ccncc2CC)ncc1C(=O)O. The summed E-state index contributed by atoms with van der Waals surface area (Å²) in [5, 5.41) is 9.16. The highest BCUT2D eigenvalue weighted by molar-refractivity contribution is 5.88. The van der Waals surface area contributed by atoms with E-state index >= 15 is 0 Å². The molecule has 0 saturated carbocycles. The summed E-state index contributed by atoms with van der Waals surface area (Å²) >= 11 is 0. The van der Waals surface area contributed by atoms with Gasteiger partial charge in [0.25, 0.3) is 0 Å². The van der Waals surface area contributed by atoms with E-state index in [9.17, 15) is 4.79 Å². The van der Waals surface area contributed by atoms with Gasteiger partial charge in [-0.15, -0.1) is 0 Å². The summed E-state index contributed by atoms with van der Waals surface area (Å²) in [6.07, 6.45) is 7.19. The molecule has 2 aromatic heterocycles. The Hall–Kier alpha value is -2.30. The average molecular weight is 271 g/mol. The Labute approximate surface area is 117 Å². The van der Waals surface area contributed by atoms with E-state index in [4.69, 9.17) is 5.11 Å². The third-order valence-electron chi connectivity index (χ3n) is 3.11. The van der Waals surface area contributed by atoms with Crippen molar-refractivity contribution in [3.63, 3.8) is 0 Å². The van der Waals surface area contributed by atoms with Crippen LogP contribution >= 0.6 is 0 Å². The Morgan fingerprint density at radius 3 is 2.75 bits per heavy atom. The Balaban J connectivity index is 2.53. The highest BCUT2D eigenvalue weighted by Crippen LogP contribution is 2.21. The van der Waals surface area contributed by atoms with Crippen LogP contribution in [0.5, 0.6) is 0 Å². The fourth-order valence-electron chi connectivity index (χ4n) is 2.08. The number of hydrogen-bond donors (Lipinski definition) is 1. The number of aromatic nitrogens is 3. The molecule has 0 unspecified atom stereocenters. The van der Waals surface area contributed by atoms with E-state index < -0.39 is 5.97 Å². The lowest BCUT2D eigenvalue weighted by Gasteiger charge is -2.09. The van der Waals surface area contributed by atoms with Crippen molar-refractivity contribution in [2.75, 3.05) is 0 Å². The van der Waals surface area contributed by atoms with Crippen molar-refractivity contribution < 1.29 is 9.90 Å². The van der Waals surface area contributed by atoms with Crippen LogP contribution in [0.4, 0.5) is 0 Å². The van der Waals surface area contributed by atoms with Crippen molar-refractivity contribution >= 4 is 5.97 Å². The quantitative estimate of drug-likeness (QED) is 0.904. The third-order valence-corrected chi connectivity index (χ3v) is 3.11. The molecule has 0 bridgehead atoms. The van der Waals surface area contributed by atoms with Crippen LogP contribution in [-0.2, 0) is 12.8 Å². The van der Waals surface area contributed by atoms with Crippen LogP contribution in [0.15, 0.2) is 24.7 Å². The number of carboxylic acids is 1. The van der Waals surface area contributed by atoms with E-state index in [1.165, 1.54) is 6.20 Å². The van der Waals surface area contributed by atoms with Crippen LogP contribution in [0.3, 0.4) is 0 Å². The van der Waals surface area contributed by atoms with E-state index in [0.717, 1.165) is 24.0 Å². The minimum Gasteiger partial charge on any atom is -0.478 e. The van der Waals surface area contributed by atoms with Gasteiger partial charge in [-0.3, -0.25) is 4.98 Å². The molecule has 2 heterocycles. The van der Waals surface area contributed by atoms with Gasteiger partial charge in [-0.05, 0) is 24.5 Å². The van der Waals surface area contributed by atoms with Gasteiger partial charge in [0, 0.05) is 24.2 Å². The summed E-state index contributed by atoms with van der Waals surface area (Å²) in [7, 11) is 0. The van der Waals surface area contributed by atoms with Crippen molar-refractivity contribution in [2.45, 2.75) is 33.1 Å². The summed E-state index contributed by atoms with van der Waals surface area (Å²) in [5.41, 5.74) is 2.74. The molecular weight excluding hydrogens is 254 g/mol. The van der Waals surface area contributed by atoms with Gasteiger partial charge in [-0.2, -0.15) is 0 Å². The van der Waals surface area contributed by atoms with Crippen LogP contribution in [0.25, 0.3) is 11.4 Å². The number of pyridine rings is 1. The lowest BCUT2D eigenvalue weighted by atomic mass is 10.1. The predicted octanol–water partition coefficient (Wildman–Crippen LogP) is 2.75. The molecule has 0 spiro atoms. The fourth-order valence-corrected chi connectivity index (χ4v) is 2.08. The average Bonchev–Trinajstić information content (AvgIpc) is 2.47. The molecule has 0 amide bonds. The molecule has 0 atom stereocenters. The lowest BCUT2D eigenvalue weighted by molar-refractivity contribution is 0.0694. The van der Waals surface area contributed by atoms with E-state index in [-0.39, 0.29) is 5.56 Å². The summed E-state index contributed by atoms with van der Waals surface area (Å²) in [4.78, 5) is 23.9. The molecule has 0 aliphatic carbocycles. The summed E-state index contributed by atoms with van der Waals surface area (Å²) in [6, 6.07) is 1.87. The number of aryl methyl sites for hydroxylation is 2. The zero-order chi connectivity index (χ0) is 14.5. The Kier molecular flexibility index (Phi) is 4.40. The van der Waals surface area contributed by atoms with Gasteiger partial charge in [0.05, 0.1) is 11.3 Å². The normalized spacial score (nSPS) is 10.5. The predicted molar refractivity (Wildman–Crippen MR) is 75.6 cm³/mol. The highest BCUT2D eigenvalue weighted by Gasteiger charge is 2.15. The maximum absolute atomic E-state index is 11.2. The number of hydrogen-bond acceptors (Lipinski definition) is 4. The third kappa shape index (κ3) is 2.82. The lowest BCUT2D eigenvalue weighted by Crippen LogP contribution is -2.08. The Morgan fingerprint density at radius 1 is 1.30 bits per heavy atom. The van der Waals surface area contributed by atoms with E-state index in [2.05, 4.69) is 15.0 Å². The second-order valence-corrected chi connectivity index (χ2v) is 4.50. The number of aromatic carboxylic acids is 1. The molecule has 5 heteroatoms. The molecule has 0 aromatic carbocycles. The molecule has 0 aliphatic rings. The van der Waals surface area contributed by atoms with E-state index in [0.29, 0.717) is 17.9 Å². The first-order valence-corrected chi connectivity index (χ1v) is 6.69. The molecule has 0 aliphatic heterocycles. The topological polar surface area (TPSA) is 76.0 Å². The van der Waals surface area contributed by atoms with Crippen molar-refractivity contribution in [1.82, 2.24) is 15.0 Å². The molecule has 0 radical (unpaired) electrons. The first kappa shape index (κ1) is 14.1. The van der Waals surface area contributed by atoms with Gasteiger partial charge in [0.15, 0.2) is 5.82 Å². The van der Waals surface area contributed by atoms with Gasteiger partial charge >= 0.3 is 5.97 Å². The first-order valence-electron chi connectivity index (χ1n) is 6.69. The molecule has 0 fully saturated rings. The minimum absolute atomic E-state index is 0.183. The van der Waals surface area contributed by atoms with Crippen molar-refractivity contribution in [2.24, 2.45) is 0 Å². The van der Waals surface area contributed by atoms with Crippen molar-refractivity contribution in [3.8, 4) is 11.4 Å². The molecule has 1 N–H and O–H groups in total. The minimum atomic E-state index is -0.981. The van der Waals surface area contributed by atoms with Crippen molar-refractivity contribution in [3.05, 3.63) is 41.5 Å². The van der Waals surface area contributed by atoms with E-state index in [1.807, 2.05) is 19.9 Å². The van der Waals surface area contributed by atoms with Crippen LogP contribution in [-0.4, -0.2) is 26.0 Å². The summed E-state index contributed by atoms with van der Waals surface area (Å²) in [5.74, 6) is -0.414. The standard InChI is InChI=1S/C15H17N3O2/c1-3-5-13-12(15(19)20)9-17-14(18-13)11-6-7-16-8-10(11)4-2/h6-9H,3-5H2,1-2H3,(H,19,20). The molecule has 2 aromatic rings. The van der Waals surface area contributed by atoms with Crippen LogP contribution in [0.1, 0.15) is 41.9 Å². The van der Waals surface area contributed by atoms with Crippen LogP contribution < -0.4 is 0 Å². The Morgan fingerprint density at radius 2 is 2.10 bits per heavy atom. The summed E-state index contributed by atoms with van der Waals surface area (Å²) in [6.45, 7) is 4.04. The van der Waals surface area contributed by atoms with E-state index in [1.54, 1.807) is 12.4 Å². The molecule has 0 saturated heterocycles. The second kappa shape index (κ2) is 6.23. The molecule has 5 nitrogen and oxygen atoms in total. The number of rotatable bonds is 5. The molecule has 2 rings (SSSR count). The monoisotopic (exact) mass is 271 g/mol. The second-order valence-electron chi connectivity index (χ2n) is 4.50. The maximum Gasteiger partial charge on any atom is 0.339 e. The van der Waals surface area contributed by atoms with Gasteiger partial charge in [-0.1, -0.05) is 20.3 Å². The Bertz CT molecular complexity index is 626. The fraction of sp³-hybridized carbons (Fsp3) is 0.333. The zero-order valence-corrected chi connectivity index (χ0v) is 11.6. The van der Waals surface area contributed by atoms with Crippen LogP contribution in [0, 0.1) is 0 Å². The molecule has 20 heavy (non-hydrogen) atoms. The van der Waals surface area contributed by atoms with Crippen LogP contribution in [0.2, 0.25) is 0 Å². The highest BCUT2D eigenvalue weighted by atomic mass is 16.4. The van der Waals surface area contributed by atoms with Crippen molar-refractivity contribution in [1.29, 1.82) is 0 Å². The van der Waals surface area contributed by atoms with Gasteiger partial charge in [0.1, 0.15) is 0 Å². The first-order chi connectivity index (χ1) is 9.67. The maximum atomic E-state index is 11.2. The number of carbonyl (C=O) groups is 1. The van der Waals surface area contributed by atoms with Gasteiger partial charge in [-0.25, -0.2) is 14.8 Å². The summed E-state index contributed by atoms with van der Waals surface area (Å²) < 4.78 is 0. The van der Waals surface area contributed by atoms with Gasteiger partial charge in [0.2, 0.25) is 0 Å². The molecular formula is C15H17N3O2. The molecule has 104 valence electrons. The number of nitrogens with zero attached hydrogens (tertiary/aromatic N) is 3. The zero-order valence-electron chi connectivity index (χ0n) is 11.6. The smallest absolute Gasteiger partial charge is 0.339 e. The number of carboxylic acid groups (broad SMARTS) is 1. The largest absolute Gasteiger partial charge is 0.478 e. The van der Waals surface area contributed by atoms with Gasteiger partial charge < -0.3 is 5.11 Å².